The molecule has 0 atom stereocenters. The third-order valence-electron chi connectivity index (χ3n) is 6.00. The number of para-hydroxylation sites is 2. The van der Waals surface area contributed by atoms with Crippen LogP contribution in [0, 0.1) is 0 Å². The van der Waals surface area contributed by atoms with Crippen molar-refractivity contribution >= 4 is 50.1 Å². The number of rotatable bonds is 8. The zero-order chi connectivity index (χ0) is 22.5. The molecule has 0 saturated heterocycles. The molecule has 0 saturated carbocycles. The second kappa shape index (κ2) is 10.2. The largest absolute Gasteiger partial charge is 0.361 e. The summed E-state index contributed by atoms with van der Waals surface area (Å²) in [4.78, 5) is 13.4. The van der Waals surface area contributed by atoms with Crippen LogP contribution in [0.3, 0.4) is 0 Å². The van der Waals surface area contributed by atoms with E-state index in [1.54, 1.807) is 18.0 Å². The fraction of sp³-hybridized carbons (Fsp3) is 0.185. The molecular formula is C27H26N4S2. The van der Waals surface area contributed by atoms with Crippen molar-refractivity contribution in [1.29, 1.82) is 0 Å². The number of hydrogen-bond donors (Lipinski definition) is 2. The highest BCUT2D eigenvalue weighted by molar-refractivity contribution is 8.22. The molecule has 0 fully saturated rings. The number of thioether (sulfide) groups is 1. The van der Waals surface area contributed by atoms with Crippen LogP contribution in [0.1, 0.15) is 16.7 Å². The van der Waals surface area contributed by atoms with Crippen molar-refractivity contribution in [1.82, 2.24) is 19.9 Å². The molecule has 0 aliphatic carbocycles. The van der Waals surface area contributed by atoms with Gasteiger partial charge in [-0.25, -0.2) is 0 Å². The van der Waals surface area contributed by atoms with Crippen molar-refractivity contribution < 1.29 is 0 Å². The average Bonchev–Trinajstić information content (AvgIpc) is 3.47. The summed E-state index contributed by atoms with van der Waals surface area (Å²) >= 11 is 7.63. The molecule has 6 heteroatoms. The first kappa shape index (κ1) is 21.7. The third kappa shape index (κ3) is 5.13. The zero-order valence-electron chi connectivity index (χ0n) is 18.3. The fourth-order valence-corrected chi connectivity index (χ4v) is 5.39. The maximum absolute atomic E-state index is 5.91. The lowest BCUT2D eigenvalue weighted by Crippen LogP contribution is -2.31. The number of benzene rings is 2. The van der Waals surface area contributed by atoms with E-state index < -0.39 is 0 Å². The molecule has 0 spiro atoms. The summed E-state index contributed by atoms with van der Waals surface area (Å²) in [6.07, 6.45) is 9.89. The van der Waals surface area contributed by atoms with Gasteiger partial charge in [-0.3, -0.25) is 4.98 Å². The predicted octanol–water partition coefficient (Wildman–Crippen LogP) is 6.35. The van der Waals surface area contributed by atoms with Gasteiger partial charge in [-0.2, -0.15) is 0 Å². The summed E-state index contributed by atoms with van der Waals surface area (Å²) in [7, 11) is 0. The normalized spacial score (nSPS) is 11.3. The van der Waals surface area contributed by atoms with Crippen molar-refractivity contribution in [3.63, 3.8) is 0 Å². The van der Waals surface area contributed by atoms with Crippen LogP contribution in [-0.2, 0) is 18.6 Å². The van der Waals surface area contributed by atoms with Crippen LogP contribution in [0.5, 0.6) is 0 Å². The van der Waals surface area contributed by atoms with Gasteiger partial charge in [0.25, 0.3) is 0 Å². The minimum atomic E-state index is 0.837. The molecule has 5 rings (SSSR count). The lowest BCUT2D eigenvalue weighted by Gasteiger charge is -2.25. The quantitative estimate of drug-likeness (QED) is 0.259. The third-order valence-corrected chi connectivity index (χ3v) is 7.59. The molecule has 0 aliphatic heterocycles. The smallest absolute Gasteiger partial charge is 0.136 e. The van der Waals surface area contributed by atoms with Crippen LogP contribution in [-0.4, -0.2) is 37.3 Å². The molecule has 2 aromatic carbocycles. The van der Waals surface area contributed by atoms with Crippen LogP contribution < -0.4 is 0 Å². The van der Waals surface area contributed by atoms with Gasteiger partial charge in [0, 0.05) is 65.4 Å². The summed E-state index contributed by atoms with van der Waals surface area (Å²) in [5.74, 6) is 0.837. The summed E-state index contributed by atoms with van der Waals surface area (Å²) in [6.45, 7) is 1.78. The lowest BCUT2D eigenvalue weighted by atomic mass is 10.1. The highest BCUT2D eigenvalue weighted by Crippen LogP contribution is 2.22. The van der Waals surface area contributed by atoms with Crippen LogP contribution in [0.4, 0.5) is 0 Å². The number of aromatic amines is 2. The van der Waals surface area contributed by atoms with Gasteiger partial charge in [-0.05, 0) is 47.7 Å². The van der Waals surface area contributed by atoms with Crippen molar-refractivity contribution in [2.24, 2.45) is 0 Å². The Labute approximate surface area is 203 Å². The van der Waals surface area contributed by atoms with E-state index in [0.29, 0.717) is 0 Å². The molecule has 5 aromatic rings. The van der Waals surface area contributed by atoms with E-state index in [2.05, 4.69) is 86.8 Å². The van der Waals surface area contributed by atoms with E-state index in [9.17, 15) is 0 Å². The standard InChI is InChI=1S/C27H26N4S2/c32-27(33-19-20-6-5-13-28-16-20)31(14-11-21-17-29-25-9-3-1-7-23(21)25)15-12-22-18-30-26-10-4-2-8-24(22)26/h1-10,13,16-18,29-30H,11-12,14-15,19H2. The van der Waals surface area contributed by atoms with Crippen molar-refractivity contribution in [3.05, 3.63) is 102 Å². The molecule has 33 heavy (non-hydrogen) atoms. The lowest BCUT2D eigenvalue weighted by molar-refractivity contribution is 0.442. The Hall–Kier alpha value is -3.09. The van der Waals surface area contributed by atoms with Gasteiger partial charge in [0.2, 0.25) is 0 Å². The summed E-state index contributed by atoms with van der Waals surface area (Å²) in [6, 6.07) is 21.0. The van der Waals surface area contributed by atoms with Crippen LogP contribution in [0.2, 0.25) is 0 Å². The number of hydrogen-bond acceptors (Lipinski definition) is 3. The minimum absolute atomic E-state index is 0.837. The first-order valence-electron chi connectivity index (χ1n) is 11.2. The average molecular weight is 471 g/mol. The Bertz CT molecular complexity index is 1280. The highest BCUT2D eigenvalue weighted by Gasteiger charge is 2.14. The summed E-state index contributed by atoms with van der Waals surface area (Å²) in [5, 5.41) is 2.59. The van der Waals surface area contributed by atoms with Gasteiger partial charge < -0.3 is 14.9 Å². The Morgan fingerprint density at radius 1 is 0.818 bits per heavy atom. The number of H-pyrrole nitrogens is 2. The maximum Gasteiger partial charge on any atom is 0.136 e. The van der Waals surface area contributed by atoms with Gasteiger partial charge in [0.15, 0.2) is 0 Å². The first-order valence-corrected chi connectivity index (χ1v) is 12.6. The molecule has 3 heterocycles. The van der Waals surface area contributed by atoms with Gasteiger partial charge in [0.1, 0.15) is 4.32 Å². The van der Waals surface area contributed by atoms with Crippen molar-refractivity contribution in [2.45, 2.75) is 18.6 Å². The van der Waals surface area contributed by atoms with Gasteiger partial charge in [-0.1, -0.05) is 66.4 Å². The van der Waals surface area contributed by atoms with E-state index in [-0.39, 0.29) is 0 Å². The van der Waals surface area contributed by atoms with E-state index in [0.717, 1.165) is 36.0 Å². The number of fused-ring (bicyclic) bond motifs is 2. The summed E-state index contributed by atoms with van der Waals surface area (Å²) in [5.41, 5.74) is 6.24. The van der Waals surface area contributed by atoms with Gasteiger partial charge >= 0.3 is 0 Å². The SMILES string of the molecule is S=C(SCc1cccnc1)N(CCc1c[nH]c2ccccc12)CCc1c[nH]c2ccccc12. The summed E-state index contributed by atoms with van der Waals surface area (Å²) < 4.78 is 0.943. The molecule has 166 valence electrons. The molecule has 0 amide bonds. The van der Waals surface area contributed by atoms with Gasteiger partial charge in [-0.15, -0.1) is 0 Å². The molecule has 2 N–H and O–H groups in total. The second-order valence-electron chi connectivity index (χ2n) is 8.12. The number of nitrogens with zero attached hydrogens (tertiary/aromatic N) is 2. The monoisotopic (exact) mass is 470 g/mol. The van der Waals surface area contributed by atoms with Crippen LogP contribution >= 0.6 is 24.0 Å². The van der Waals surface area contributed by atoms with Gasteiger partial charge in [0.05, 0.1) is 0 Å². The van der Waals surface area contributed by atoms with Crippen LogP contribution in [0.15, 0.2) is 85.5 Å². The van der Waals surface area contributed by atoms with E-state index >= 15 is 0 Å². The predicted molar refractivity (Wildman–Crippen MR) is 144 cm³/mol. The Morgan fingerprint density at radius 3 is 2.00 bits per heavy atom. The maximum atomic E-state index is 5.91. The highest BCUT2D eigenvalue weighted by atomic mass is 32.2. The Balaban J connectivity index is 1.29. The molecule has 0 bridgehead atoms. The van der Waals surface area contributed by atoms with E-state index in [4.69, 9.17) is 12.2 Å². The van der Waals surface area contributed by atoms with Crippen molar-refractivity contribution in [3.8, 4) is 0 Å². The minimum Gasteiger partial charge on any atom is -0.361 e. The number of thiocarbonyl (C=S) groups is 1. The Morgan fingerprint density at radius 2 is 1.42 bits per heavy atom. The zero-order valence-corrected chi connectivity index (χ0v) is 20.0. The van der Waals surface area contributed by atoms with E-state index in [1.807, 2.05) is 12.3 Å². The number of nitrogens with one attached hydrogen (secondary N) is 2. The molecule has 4 nitrogen and oxygen atoms in total. The molecule has 3 aromatic heterocycles. The molecule has 0 radical (unpaired) electrons. The number of pyridine rings is 1. The van der Waals surface area contributed by atoms with Crippen LogP contribution in [0.25, 0.3) is 21.8 Å². The second-order valence-corrected chi connectivity index (χ2v) is 9.73. The molecular weight excluding hydrogens is 444 g/mol. The van der Waals surface area contributed by atoms with Crippen molar-refractivity contribution in [2.75, 3.05) is 13.1 Å². The number of aromatic nitrogens is 3. The molecule has 0 aliphatic rings. The Kier molecular flexibility index (Phi) is 6.74. The first-order chi connectivity index (χ1) is 16.3. The molecule has 0 unspecified atom stereocenters. The van der Waals surface area contributed by atoms with E-state index in [1.165, 1.54) is 38.5 Å². The topological polar surface area (TPSA) is 47.7 Å². The fourth-order valence-electron chi connectivity index (χ4n) is 4.20.